The first-order valence-corrected chi connectivity index (χ1v) is 8.83. The number of carbonyl (C=O) groups is 2. The van der Waals surface area contributed by atoms with E-state index in [1.165, 1.54) is 0 Å². The SMILES string of the molecule is CC(=O)N(C)C1CCN(CCC(=O)Nc2cc(Cl)ccc2Cl)CC1. The highest BCUT2D eigenvalue weighted by Gasteiger charge is 2.23. The maximum atomic E-state index is 12.1. The highest BCUT2D eigenvalue weighted by molar-refractivity contribution is 6.35. The molecule has 2 rings (SSSR count). The summed E-state index contributed by atoms with van der Waals surface area (Å²) >= 11 is 12.0. The molecule has 0 atom stereocenters. The quantitative estimate of drug-likeness (QED) is 0.863. The Morgan fingerprint density at radius 1 is 1.29 bits per heavy atom. The first-order valence-electron chi connectivity index (χ1n) is 8.07. The van der Waals surface area contributed by atoms with Crippen molar-refractivity contribution in [3.8, 4) is 0 Å². The van der Waals surface area contributed by atoms with Gasteiger partial charge in [-0.2, -0.15) is 0 Å². The summed E-state index contributed by atoms with van der Waals surface area (Å²) in [4.78, 5) is 27.6. The summed E-state index contributed by atoms with van der Waals surface area (Å²) in [5, 5.41) is 3.80. The number of piperidine rings is 1. The molecule has 2 amide bonds. The molecule has 0 bridgehead atoms. The Kier molecular flexibility index (Phi) is 6.90. The monoisotopic (exact) mass is 371 g/mol. The number of likely N-dealkylation sites (tertiary alicyclic amines) is 1. The van der Waals surface area contributed by atoms with Gasteiger partial charge < -0.3 is 15.1 Å². The number of anilines is 1. The number of benzene rings is 1. The normalized spacial score (nSPS) is 16.0. The maximum absolute atomic E-state index is 12.1. The van der Waals surface area contributed by atoms with Crippen molar-refractivity contribution < 1.29 is 9.59 Å². The van der Waals surface area contributed by atoms with Gasteiger partial charge in [0.1, 0.15) is 0 Å². The van der Waals surface area contributed by atoms with E-state index in [1.807, 2.05) is 11.9 Å². The molecular weight excluding hydrogens is 349 g/mol. The van der Waals surface area contributed by atoms with E-state index in [0.717, 1.165) is 25.9 Å². The van der Waals surface area contributed by atoms with Gasteiger partial charge in [-0.05, 0) is 31.0 Å². The molecule has 1 aliphatic rings. The maximum Gasteiger partial charge on any atom is 0.225 e. The number of hydrogen-bond acceptors (Lipinski definition) is 3. The molecule has 0 spiro atoms. The van der Waals surface area contributed by atoms with E-state index in [1.54, 1.807) is 25.1 Å². The minimum Gasteiger partial charge on any atom is -0.343 e. The van der Waals surface area contributed by atoms with Crippen molar-refractivity contribution >= 4 is 40.7 Å². The summed E-state index contributed by atoms with van der Waals surface area (Å²) in [6.45, 7) is 4.08. The Morgan fingerprint density at radius 3 is 2.58 bits per heavy atom. The van der Waals surface area contributed by atoms with Crippen LogP contribution in [0.2, 0.25) is 10.0 Å². The fourth-order valence-corrected chi connectivity index (χ4v) is 3.19. The van der Waals surface area contributed by atoms with Gasteiger partial charge >= 0.3 is 0 Å². The molecule has 1 aromatic carbocycles. The van der Waals surface area contributed by atoms with E-state index in [2.05, 4.69) is 10.2 Å². The predicted octanol–water partition coefficient (Wildman–Crippen LogP) is 3.26. The van der Waals surface area contributed by atoms with Crippen LogP contribution < -0.4 is 5.32 Å². The van der Waals surface area contributed by atoms with Crippen molar-refractivity contribution in [3.63, 3.8) is 0 Å². The molecule has 1 fully saturated rings. The highest BCUT2D eigenvalue weighted by Crippen LogP contribution is 2.25. The van der Waals surface area contributed by atoms with Crippen molar-refractivity contribution in [3.05, 3.63) is 28.2 Å². The third kappa shape index (κ3) is 5.36. The Morgan fingerprint density at radius 2 is 1.96 bits per heavy atom. The molecule has 132 valence electrons. The van der Waals surface area contributed by atoms with E-state index in [0.29, 0.717) is 34.7 Å². The van der Waals surface area contributed by atoms with Crippen LogP contribution in [0.1, 0.15) is 26.2 Å². The molecule has 0 radical (unpaired) electrons. The van der Waals surface area contributed by atoms with Gasteiger partial charge in [-0.3, -0.25) is 9.59 Å². The predicted molar refractivity (Wildman–Crippen MR) is 97.6 cm³/mol. The second-order valence-electron chi connectivity index (χ2n) is 6.13. The molecular formula is C17H23Cl2N3O2. The number of nitrogens with one attached hydrogen (secondary N) is 1. The number of nitrogens with zero attached hydrogens (tertiary/aromatic N) is 2. The van der Waals surface area contributed by atoms with Crippen LogP contribution in [0.15, 0.2) is 18.2 Å². The van der Waals surface area contributed by atoms with Gasteiger partial charge in [0.15, 0.2) is 0 Å². The lowest BCUT2D eigenvalue weighted by Crippen LogP contribution is -2.45. The molecule has 7 heteroatoms. The van der Waals surface area contributed by atoms with E-state index in [4.69, 9.17) is 23.2 Å². The van der Waals surface area contributed by atoms with Crippen LogP contribution in [0.5, 0.6) is 0 Å². The van der Waals surface area contributed by atoms with Crippen LogP contribution in [0.4, 0.5) is 5.69 Å². The Labute approximate surface area is 152 Å². The Hall–Kier alpha value is -1.30. The van der Waals surface area contributed by atoms with Crippen molar-refractivity contribution in [1.29, 1.82) is 0 Å². The molecule has 0 saturated carbocycles. The highest BCUT2D eigenvalue weighted by atomic mass is 35.5. The lowest BCUT2D eigenvalue weighted by atomic mass is 10.0. The van der Waals surface area contributed by atoms with E-state index < -0.39 is 0 Å². The molecule has 1 aromatic rings. The number of hydrogen-bond donors (Lipinski definition) is 1. The molecule has 1 aliphatic heterocycles. The van der Waals surface area contributed by atoms with Crippen molar-refractivity contribution in [2.45, 2.75) is 32.2 Å². The average Bonchev–Trinajstić information content (AvgIpc) is 2.56. The van der Waals surface area contributed by atoms with Crippen molar-refractivity contribution in [1.82, 2.24) is 9.80 Å². The van der Waals surface area contributed by atoms with Crippen LogP contribution in [0.3, 0.4) is 0 Å². The number of rotatable bonds is 5. The molecule has 1 N–H and O–H groups in total. The topological polar surface area (TPSA) is 52.7 Å². The average molecular weight is 372 g/mol. The zero-order valence-corrected chi connectivity index (χ0v) is 15.5. The fraction of sp³-hybridized carbons (Fsp3) is 0.529. The molecule has 0 unspecified atom stereocenters. The van der Waals surface area contributed by atoms with Gasteiger partial charge in [-0.1, -0.05) is 23.2 Å². The van der Waals surface area contributed by atoms with E-state index in [-0.39, 0.29) is 11.8 Å². The Bertz CT molecular complexity index is 601. The molecule has 1 saturated heterocycles. The van der Waals surface area contributed by atoms with Crippen LogP contribution >= 0.6 is 23.2 Å². The third-order valence-corrected chi connectivity index (χ3v) is 5.02. The standard InChI is InChI=1S/C17H23Cl2N3O2/c1-12(23)21(2)14-5-8-22(9-6-14)10-7-17(24)20-16-11-13(18)3-4-15(16)19/h3-4,11,14H,5-10H2,1-2H3,(H,20,24). The summed E-state index contributed by atoms with van der Waals surface area (Å²) in [5.74, 6) is 0.0216. The van der Waals surface area contributed by atoms with Gasteiger partial charge in [0.25, 0.3) is 0 Å². The second kappa shape index (κ2) is 8.70. The van der Waals surface area contributed by atoms with Gasteiger partial charge in [-0.25, -0.2) is 0 Å². The first kappa shape index (κ1) is 19.0. The van der Waals surface area contributed by atoms with Crippen LogP contribution in [-0.2, 0) is 9.59 Å². The Balaban J connectivity index is 1.75. The molecule has 0 aliphatic carbocycles. The number of amides is 2. The van der Waals surface area contributed by atoms with Gasteiger partial charge in [-0.15, -0.1) is 0 Å². The first-order chi connectivity index (χ1) is 11.4. The summed E-state index contributed by atoms with van der Waals surface area (Å²) in [6.07, 6.45) is 2.28. The summed E-state index contributed by atoms with van der Waals surface area (Å²) in [6, 6.07) is 5.29. The minimum atomic E-state index is -0.0813. The zero-order chi connectivity index (χ0) is 17.7. The van der Waals surface area contributed by atoms with Crippen molar-refractivity contribution in [2.75, 3.05) is 32.0 Å². The second-order valence-corrected chi connectivity index (χ2v) is 6.97. The van der Waals surface area contributed by atoms with E-state index >= 15 is 0 Å². The van der Waals surface area contributed by atoms with Crippen molar-refractivity contribution in [2.24, 2.45) is 0 Å². The lowest BCUT2D eigenvalue weighted by Gasteiger charge is -2.36. The smallest absolute Gasteiger partial charge is 0.225 e. The van der Waals surface area contributed by atoms with Gasteiger partial charge in [0.2, 0.25) is 11.8 Å². The number of carbonyl (C=O) groups excluding carboxylic acids is 2. The number of halogens is 2. The summed E-state index contributed by atoms with van der Waals surface area (Å²) in [5.41, 5.74) is 0.538. The molecule has 0 aromatic heterocycles. The zero-order valence-electron chi connectivity index (χ0n) is 14.0. The van der Waals surface area contributed by atoms with Crippen LogP contribution in [0, 0.1) is 0 Å². The third-order valence-electron chi connectivity index (χ3n) is 4.46. The molecule has 24 heavy (non-hydrogen) atoms. The van der Waals surface area contributed by atoms with E-state index in [9.17, 15) is 9.59 Å². The molecule has 5 nitrogen and oxygen atoms in total. The molecule has 1 heterocycles. The minimum absolute atomic E-state index is 0.0813. The van der Waals surface area contributed by atoms with Gasteiger partial charge in [0.05, 0.1) is 10.7 Å². The van der Waals surface area contributed by atoms with Crippen LogP contribution in [0.25, 0.3) is 0 Å². The summed E-state index contributed by atoms with van der Waals surface area (Å²) < 4.78 is 0. The fourth-order valence-electron chi connectivity index (χ4n) is 2.85. The van der Waals surface area contributed by atoms with Gasteiger partial charge in [0, 0.05) is 51.1 Å². The lowest BCUT2D eigenvalue weighted by molar-refractivity contribution is -0.130. The largest absolute Gasteiger partial charge is 0.343 e. The summed E-state index contributed by atoms with van der Waals surface area (Å²) in [7, 11) is 1.85. The van der Waals surface area contributed by atoms with Crippen LogP contribution in [-0.4, -0.2) is 54.3 Å².